The first-order valence-electron chi connectivity index (χ1n) is 8.22. The van der Waals surface area contributed by atoms with E-state index in [0.717, 1.165) is 23.0 Å². The Morgan fingerprint density at radius 1 is 1.10 bits per heavy atom. The lowest BCUT2D eigenvalue weighted by Crippen LogP contribution is -2.17. The molecule has 0 radical (unpaired) electrons. The summed E-state index contributed by atoms with van der Waals surface area (Å²) in [6.45, 7) is 0. The van der Waals surface area contributed by atoms with Crippen LogP contribution in [-0.2, 0) is 13.2 Å². The van der Waals surface area contributed by atoms with Crippen LogP contribution in [0.2, 0.25) is 0 Å². The first kappa shape index (κ1) is 20.3. The molecule has 152 valence electrons. The molecule has 10 heteroatoms. The van der Waals surface area contributed by atoms with E-state index >= 15 is 0 Å². The van der Waals surface area contributed by atoms with Gasteiger partial charge in [-0.25, -0.2) is 13.6 Å². The Bertz CT molecular complexity index is 1010. The van der Waals surface area contributed by atoms with Gasteiger partial charge in [0.1, 0.15) is 0 Å². The maximum absolute atomic E-state index is 13.0. The van der Waals surface area contributed by atoms with E-state index in [0.29, 0.717) is 11.1 Å². The molecule has 5 nitrogen and oxygen atoms in total. The maximum atomic E-state index is 13.0. The van der Waals surface area contributed by atoms with E-state index in [1.165, 1.54) is 25.2 Å². The van der Waals surface area contributed by atoms with Crippen LogP contribution in [0.5, 0.6) is 5.75 Å². The predicted octanol–water partition coefficient (Wildman–Crippen LogP) is 5.65. The Kier molecular flexibility index (Phi) is 5.53. The maximum Gasteiger partial charge on any atom is 0.417 e. The number of halogens is 5. The second kappa shape index (κ2) is 7.90. The number of carbonyl (C=O) groups is 1. The smallest absolute Gasteiger partial charge is 0.406 e. The topological polar surface area (TPSA) is 56.1 Å². The third-order valence-electron chi connectivity index (χ3n) is 3.92. The van der Waals surface area contributed by atoms with Crippen molar-refractivity contribution in [2.75, 3.05) is 5.32 Å². The van der Waals surface area contributed by atoms with Gasteiger partial charge in [-0.15, -0.1) is 0 Å². The highest BCUT2D eigenvalue weighted by Crippen LogP contribution is 2.33. The van der Waals surface area contributed by atoms with Crippen LogP contribution in [0, 0.1) is 0 Å². The molecule has 0 fully saturated rings. The summed E-state index contributed by atoms with van der Waals surface area (Å²) in [4.78, 5) is 12.2. The molecule has 29 heavy (non-hydrogen) atoms. The van der Waals surface area contributed by atoms with E-state index in [-0.39, 0.29) is 5.69 Å². The molecule has 0 aliphatic heterocycles. The van der Waals surface area contributed by atoms with Crippen LogP contribution in [-0.4, -0.2) is 15.9 Å². The van der Waals surface area contributed by atoms with Crippen molar-refractivity contribution in [3.63, 3.8) is 0 Å². The molecule has 0 atom stereocenters. The van der Waals surface area contributed by atoms with Crippen LogP contribution in [0.3, 0.4) is 0 Å². The van der Waals surface area contributed by atoms with Gasteiger partial charge >= 0.3 is 12.3 Å². The van der Waals surface area contributed by atoms with E-state index in [2.05, 4.69) is 10.4 Å². The van der Waals surface area contributed by atoms with E-state index in [1.54, 1.807) is 18.2 Å². The van der Waals surface area contributed by atoms with Crippen molar-refractivity contribution in [2.24, 2.45) is 7.05 Å². The first-order chi connectivity index (χ1) is 13.6. The number of benzene rings is 2. The second-order valence-corrected chi connectivity index (χ2v) is 5.99. The second-order valence-electron chi connectivity index (χ2n) is 5.99. The van der Waals surface area contributed by atoms with Crippen LogP contribution in [0.4, 0.5) is 32.4 Å². The normalized spacial score (nSPS) is 11.6. The fourth-order valence-corrected chi connectivity index (χ4v) is 2.63. The summed E-state index contributed by atoms with van der Waals surface area (Å²) < 4.78 is 70.1. The molecule has 1 N–H and O–H groups in total. The van der Waals surface area contributed by atoms with Gasteiger partial charge in [-0.1, -0.05) is 30.3 Å². The van der Waals surface area contributed by atoms with Crippen molar-refractivity contribution in [3.05, 3.63) is 66.0 Å². The molecule has 2 aromatic carbocycles. The van der Waals surface area contributed by atoms with Crippen LogP contribution >= 0.6 is 0 Å². The summed E-state index contributed by atoms with van der Waals surface area (Å²) in [6.07, 6.45) is -7.31. The molecule has 0 saturated carbocycles. The number of ether oxygens (including phenoxy) is 1. The van der Waals surface area contributed by atoms with Crippen LogP contribution < -0.4 is 10.1 Å². The fourth-order valence-electron chi connectivity index (χ4n) is 2.63. The molecule has 0 aliphatic rings. The SMILES string of the molecule is Cn1cc(OC(=O)Nc2ccccc2-c2ccc(C(F)(F)F)cc2)c(C(F)F)n1. The fraction of sp³-hybridized carbons (Fsp3) is 0.158. The molecule has 1 heterocycles. The largest absolute Gasteiger partial charge is 0.417 e. The lowest BCUT2D eigenvalue weighted by atomic mass is 10.0. The Labute approximate surface area is 161 Å². The van der Waals surface area contributed by atoms with Gasteiger partial charge in [0.25, 0.3) is 6.43 Å². The van der Waals surface area contributed by atoms with E-state index in [1.807, 2.05) is 0 Å². The van der Waals surface area contributed by atoms with E-state index < -0.39 is 35.7 Å². The Balaban J connectivity index is 1.82. The number of nitrogens with zero attached hydrogens (tertiary/aromatic N) is 2. The highest BCUT2D eigenvalue weighted by Gasteiger charge is 2.30. The van der Waals surface area contributed by atoms with Crippen LogP contribution in [0.1, 0.15) is 17.7 Å². The number of amides is 1. The van der Waals surface area contributed by atoms with Gasteiger partial charge in [0.2, 0.25) is 0 Å². The number of nitrogens with one attached hydrogen (secondary N) is 1. The standard InChI is InChI=1S/C19H14F5N3O2/c1-27-10-15(16(26-27)17(20)21)29-18(28)25-14-5-3-2-4-13(14)11-6-8-12(9-7-11)19(22,23)24/h2-10,17H,1H3,(H,25,28). The molecular formula is C19H14F5N3O2. The Morgan fingerprint density at radius 2 is 1.76 bits per heavy atom. The van der Waals surface area contributed by atoms with E-state index in [4.69, 9.17) is 4.74 Å². The molecule has 1 amide bonds. The summed E-state index contributed by atoms with van der Waals surface area (Å²) in [7, 11) is 1.40. The van der Waals surface area contributed by atoms with Crippen molar-refractivity contribution in [3.8, 4) is 16.9 Å². The summed E-state index contributed by atoms with van der Waals surface area (Å²) in [6, 6.07) is 10.7. The van der Waals surface area contributed by atoms with E-state index in [9.17, 15) is 26.7 Å². The number of alkyl halides is 5. The molecule has 3 rings (SSSR count). The number of carbonyl (C=O) groups excluding carboxylic acids is 1. The van der Waals surface area contributed by atoms with Crippen molar-refractivity contribution >= 4 is 11.8 Å². The number of hydrogen-bond donors (Lipinski definition) is 1. The molecule has 0 aliphatic carbocycles. The highest BCUT2D eigenvalue weighted by atomic mass is 19.4. The average molecular weight is 411 g/mol. The zero-order valence-electron chi connectivity index (χ0n) is 14.9. The van der Waals surface area contributed by atoms with Crippen molar-refractivity contribution < 1.29 is 31.5 Å². The number of rotatable bonds is 4. The van der Waals surface area contributed by atoms with Gasteiger partial charge in [0.15, 0.2) is 11.4 Å². The average Bonchev–Trinajstić information content (AvgIpc) is 3.02. The predicted molar refractivity (Wildman–Crippen MR) is 94.7 cm³/mol. The third-order valence-corrected chi connectivity index (χ3v) is 3.92. The van der Waals surface area contributed by atoms with Crippen LogP contribution in [0.25, 0.3) is 11.1 Å². The van der Waals surface area contributed by atoms with Gasteiger partial charge in [-0.2, -0.15) is 18.3 Å². The lowest BCUT2D eigenvalue weighted by Gasteiger charge is -2.12. The Morgan fingerprint density at radius 3 is 2.38 bits per heavy atom. The minimum absolute atomic E-state index is 0.236. The molecule has 3 aromatic rings. The van der Waals surface area contributed by atoms with Gasteiger partial charge in [-0.3, -0.25) is 10.00 Å². The molecule has 0 unspecified atom stereocenters. The quantitative estimate of drug-likeness (QED) is 0.564. The zero-order valence-corrected chi connectivity index (χ0v) is 14.9. The summed E-state index contributed by atoms with van der Waals surface area (Å²) >= 11 is 0. The number of aryl methyl sites for hydroxylation is 1. The summed E-state index contributed by atoms with van der Waals surface area (Å²) in [5.74, 6) is -0.396. The number of hydrogen-bond acceptors (Lipinski definition) is 3. The molecule has 0 bridgehead atoms. The zero-order chi connectivity index (χ0) is 21.2. The lowest BCUT2D eigenvalue weighted by molar-refractivity contribution is -0.137. The number of para-hydroxylation sites is 1. The summed E-state index contributed by atoms with van der Waals surface area (Å²) in [5.41, 5.74) is -0.400. The minimum Gasteiger partial charge on any atom is -0.406 e. The number of aromatic nitrogens is 2. The first-order valence-corrected chi connectivity index (χ1v) is 8.22. The van der Waals surface area contributed by atoms with Crippen molar-refractivity contribution in [1.29, 1.82) is 0 Å². The monoisotopic (exact) mass is 411 g/mol. The number of anilines is 1. The van der Waals surface area contributed by atoms with Crippen molar-refractivity contribution in [2.45, 2.75) is 12.6 Å². The summed E-state index contributed by atoms with van der Waals surface area (Å²) in [5, 5.41) is 5.95. The van der Waals surface area contributed by atoms with Crippen LogP contribution in [0.15, 0.2) is 54.7 Å². The molecular weight excluding hydrogens is 397 g/mol. The van der Waals surface area contributed by atoms with Gasteiger partial charge in [0, 0.05) is 12.6 Å². The molecule has 0 saturated heterocycles. The van der Waals surface area contributed by atoms with Gasteiger partial charge in [0.05, 0.1) is 17.4 Å². The highest BCUT2D eigenvalue weighted by molar-refractivity contribution is 5.92. The molecule has 0 spiro atoms. The molecule has 1 aromatic heterocycles. The van der Waals surface area contributed by atoms with Crippen molar-refractivity contribution in [1.82, 2.24) is 9.78 Å². The minimum atomic E-state index is -4.47. The third kappa shape index (κ3) is 4.71. The Hall–Kier alpha value is -3.43. The van der Waals surface area contributed by atoms with Gasteiger partial charge < -0.3 is 4.74 Å². The van der Waals surface area contributed by atoms with Gasteiger partial charge in [-0.05, 0) is 23.8 Å².